The first-order valence-corrected chi connectivity index (χ1v) is 9.46. The van der Waals surface area contributed by atoms with Crippen molar-refractivity contribution in [2.75, 3.05) is 5.32 Å². The molecular weight excluding hydrogens is 328 g/mol. The first kappa shape index (κ1) is 16.8. The Kier molecular flexibility index (Phi) is 4.49. The quantitative estimate of drug-likeness (QED) is 0.869. The summed E-state index contributed by atoms with van der Waals surface area (Å²) in [5, 5.41) is 5.90. The number of carbonyl (C=O) groups excluding carboxylic acids is 2. The minimum Gasteiger partial charge on any atom is -0.348 e. The average Bonchev–Trinajstić information content (AvgIpc) is 3.39. The smallest absolute Gasteiger partial charge is 0.291 e. The number of carbonyl (C=O) groups is 2. The summed E-state index contributed by atoms with van der Waals surface area (Å²) in [5.41, 5.74) is 3.27. The van der Waals surface area contributed by atoms with Crippen LogP contribution < -0.4 is 10.6 Å². The highest BCUT2D eigenvalue weighted by molar-refractivity contribution is 6.03. The Hall–Kier alpha value is -2.63. The molecule has 1 saturated carbocycles. The molecule has 6 nitrogen and oxygen atoms in total. The van der Waals surface area contributed by atoms with Crippen molar-refractivity contribution in [3.63, 3.8) is 0 Å². The van der Waals surface area contributed by atoms with Gasteiger partial charge in [-0.05, 0) is 56.2 Å². The molecule has 0 unspecified atom stereocenters. The van der Waals surface area contributed by atoms with Gasteiger partial charge in [0.2, 0.25) is 0 Å². The molecule has 1 aliphatic carbocycles. The number of hydrogen-bond acceptors (Lipinski definition) is 3. The highest BCUT2D eigenvalue weighted by atomic mass is 16.2. The number of fused-ring (bicyclic) bond motifs is 1. The molecule has 0 spiro atoms. The Labute approximate surface area is 153 Å². The van der Waals surface area contributed by atoms with Gasteiger partial charge < -0.3 is 15.2 Å². The molecule has 2 heterocycles. The molecule has 2 aliphatic rings. The molecule has 6 heteroatoms. The van der Waals surface area contributed by atoms with Crippen LogP contribution in [-0.2, 0) is 19.4 Å². The van der Waals surface area contributed by atoms with E-state index in [0.29, 0.717) is 11.5 Å². The van der Waals surface area contributed by atoms with Crippen molar-refractivity contribution in [1.29, 1.82) is 0 Å². The van der Waals surface area contributed by atoms with E-state index < -0.39 is 0 Å². The summed E-state index contributed by atoms with van der Waals surface area (Å²) >= 11 is 0. The van der Waals surface area contributed by atoms with Crippen LogP contribution >= 0.6 is 0 Å². The minimum absolute atomic E-state index is 0.149. The number of benzene rings is 1. The number of amides is 2. The van der Waals surface area contributed by atoms with Crippen molar-refractivity contribution >= 4 is 17.5 Å². The highest BCUT2D eigenvalue weighted by Crippen LogP contribution is 2.24. The number of nitrogens with one attached hydrogen (secondary N) is 2. The first-order valence-electron chi connectivity index (χ1n) is 9.46. The topological polar surface area (TPSA) is 76.0 Å². The SMILES string of the molecule is CCc1ccc(NC(=O)c2nc(C(=O)NC3CC3)c3n2CCCC3)cc1. The Morgan fingerprint density at radius 3 is 2.62 bits per heavy atom. The van der Waals surface area contributed by atoms with E-state index in [1.54, 1.807) is 0 Å². The Morgan fingerprint density at radius 1 is 1.15 bits per heavy atom. The van der Waals surface area contributed by atoms with Gasteiger partial charge in [0, 0.05) is 18.3 Å². The van der Waals surface area contributed by atoms with Crippen LogP contribution in [0.25, 0.3) is 0 Å². The first-order chi connectivity index (χ1) is 12.7. The van der Waals surface area contributed by atoms with Gasteiger partial charge in [-0.15, -0.1) is 0 Å². The maximum atomic E-state index is 12.8. The van der Waals surface area contributed by atoms with Gasteiger partial charge in [0.05, 0.1) is 5.69 Å². The van der Waals surface area contributed by atoms with E-state index in [2.05, 4.69) is 22.5 Å². The predicted molar refractivity (Wildman–Crippen MR) is 99.4 cm³/mol. The second kappa shape index (κ2) is 6.94. The molecule has 1 fully saturated rings. The summed E-state index contributed by atoms with van der Waals surface area (Å²) in [6.07, 6.45) is 5.83. The van der Waals surface area contributed by atoms with E-state index in [9.17, 15) is 9.59 Å². The molecule has 2 amide bonds. The van der Waals surface area contributed by atoms with E-state index in [4.69, 9.17) is 0 Å². The standard InChI is InChI=1S/C20H24N4O2/c1-2-13-6-8-14(9-7-13)22-20(26)18-23-17(19(25)21-15-10-11-15)16-5-3-4-12-24(16)18/h6-9,15H,2-5,10-12H2,1H3,(H,21,25)(H,22,26). The number of anilines is 1. The van der Waals surface area contributed by atoms with Gasteiger partial charge in [0.25, 0.3) is 11.8 Å². The van der Waals surface area contributed by atoms with Crippen LogP contribution in [0.15, 0.2) is 24.3 Å². The van der Waals surface area contributed by atoms with E-state index in [-0.39, 0.29) is 17.9 Å². The van der Waals surface area contributed by atoms with Gasteiger partial charge in [-0.1, -0.05) is 19.1 Å². The maximum absolute atomic E-state index is 12.8. The van der Waals surface area contributed by atoms with Crippen LogP contribution in [-0.4, -0.2) is 27.4 Å². The highest BCUT2D eigenvalue weighted by Gasteiger charge is 2.30. The largest absolute Gasteiger partial charge is 0.348 e. The van der Waals surface area contributed by atoms with Crippen molar-refractivity contribution in [3.8, 4) is 0 Å². The molecule has 26 heavy (non-hydrogen) atoms. The zero-order chi connectivity index (χ0) is 18.1. The van der Waals surface area contributed by atoms with Gasteiger partial charge in [0.1, 0.15) is 5.69 Å². The number of hydrogen-bond donors (Lipinski definition) is 2. The molecule has 0 bridgehead atoms. The molecule has 0 saturated heterocycles. The van der Waals surface area contributed by atoms with Crippen LogP contribution in [0, 0.1) is 0 Å². The van der Waals surface area contributed by atoms with Crippen LogP contribution in [0.5, 0.6) is 0 Å². The Bertz CT molecular complexity index is 834. The van der Waals surface area contributed by atoms with E-state index >= 15 is 0 Å². The zero-order valence-corrected chi connectivity index (χ0v) is 15.0. The summed E-state index contributed by atoms with van der Waals surface area (Å²) in [7, 11) is 0. The van der Waals surface area contributed by atoms with Gasteiger partial charge in [-0.3, -0.25) is 9.59 Å². The van der Waals surface area contributed by atoms with Crippen molar-refractivity contribution in [1.82, 2.24) is 14.9 Å². The minimum atomic E-state index is -0.261. The van der Waals surface area contributed by atoms with Crippen LogP contribution in [0.4, 0.5) is 5.69 Å². The fourth-order valence-corrected chi connectivity index (χ4v) is 3.39. The van der Waals surface area contributed by atoms with Crippen molar-refractivity contribution in [2.45, 2.75) is 58.0 Å². The molecule has 1 aromatic heterocycles. The molecule has 4 rings (SSSR count). The lowest BCUT2D eigenvalue weighted by molar-refractivity contribution is 0.0945. The van der Waals surface area contributed by atoms with E-state index in [0.717, 1.165) is 56.5 Å². The summed E-state index contributed by atoms with van der Waals surface area (Å²) in [6, 6.07) is 8.09. The Balaban J connectivity index is 1.58. The molecule has 2 N–H and O–H groups in total. The van der Waals surface area contributed by atoms with Crippen LogP contribution in [0.2, 0.25) is 0 Å². The zero-order valence-electron chi connectivity index (χ0n) is 15.0. The number of aromatic nitrogens is 2. The molecule has 136 valence electrons. The summed E-state index contributed by atoms with van der Waals surface area (Å²) in [4.78, 5) is 29.7. The number of aryl methyl sites for hydroxylation is 1. The summed E-state index contributed by atoms with van der Waals surface area (Å²) in [6.45, 7) is 2.83. The van der Waals surface area contributed by atoms with Gasteiger partial charge in [-0.2, -0.15) is 0 Å². The average molecular weight is 352 g/mol. The number of imidazole rings is 1. The number of nitrogens with zero attached hydrogens (tertiary/aromatic N) is 2. The fraction of sp³-hybridized carbons (Fsp3) is 0.450. The van der Waals surface area contributed by atoms with Crippen molar-refractivity contribution < 1.29 is 9.59 Å². The molecular formula is C20H24N4O2. The van der Waals surface area contributed by atoms with Crippen LogP contribution in [0.1, 0.15) is 65.0 Å². The van der Waals surface area contributed by atoms with E-state index in [1.807, 2.05) is 28.8 Å². The van der Waals surface area contributed by atoms with Crippen LogP contribution in [0.3, 0.4) is 0 Å². The second-order valence-corrected chi connectivity index (χ2v) is 7.09. The predicted octanol–water partition coefficient (Wildman–Crippen LogP) is 2.93. The lowest BCUT2D eigenvalue weighted by Crippen LogP contribution is -2.27. The molecule has 1 aliphatic heterocycles. The lowest BCUT2D eigenvalue weighted by atomic mass is 10.1. The number of rotatable bonds is 5. The van der Waals surface area contributed by atoms with Crippen molar-refractivity contribution in [2.24, 2.45) is 0 Å². The maximum Gasteiger partial charge on any atom is 0.291 e. The molecule has 0 atom stereocenters. The van der Waals surface area contributed by atoms with Gasteiger partial charge in [-0.25, -0.2) is 4.98 Å². The molecule has 2 aromatic rings. The molecule has 0 radical (unpaired) electrons. The second-order valence-electron chi connectivity index (χ2n) is 7.09. The third-order valence-electron chi connectivity index (χ3n) is 5.07. The third kappa shape index (κ3) is 3.36. The van der Waals surface area contributed by atoms with Gasteiger partial charge in [0.15, 0.2) is 5.82 Å². The van der Waals surface area contributed by atoms with Crippen molar-refractivity contribution in [3.05, 3.63) is 47.0 Å². The molecule has 1 aromatic carbocycles. The van der Waals surface area contributed by atoms with Gasteiger partial charge >= 0.3 is 0 Å². The monoisotopic (exact) mass is 352 g/mol. The Morgan fingerprint density at radius 2 is 1.92 bits per heavy atom. The van der Waals surface area contributed by atoms with E-state index in [1.165, 1.54) is 5.56 Å². The fourth-order valence-electron chi connectivity index (χ4n) is 3.39. The summed E-state index contributed by atoms with van der Waals surface area (Å²) in [5.74, 6) is -0.0763. The third-order valence-corrected chi connectivity index (χ3v) is 5.07. The normalized spacial score (nSPS) is 16.0. The summed E-state index contributed by atoms with van der Waals surface area (Å²) < 4.78 is 1.92. The lowest BCUT2D eigenvalue weighted by Gasteiger charge is -2.17.